The van der Waals surface area contributed by atoms with Gasteiger partial charge in [-0.1, -0.05) is 41.6 Å². The molecule has 8 nitrogen and oxygen atoms in total. The Morgan fingerprint density at radius 1 is 1.06 bits per heavy atom. The Bertz CT molecular complexity index is 1220. The fraction of sp³-hybridized carbons (Fsp3) is 0.385. The number of thioether (sulfide) groups is 1. The summed E-state index contributed by atoms with van der Waals surface area (Å²) in [5, 5.41) is 12.6. The number of benzene rings is 2. The van der Waals surface area contributed by atoms with E-state index < -0.39 is 0 Å². The summed E-state index contributed by atoms with van der Waals surface area (Å²) < 4.78 is 2.06. The number of amides is 2. The van der Waals surface area contributed by atoms with Crippen molar-refractivity contribution in [1.29, 1.82) is 0 Å². The topological polar surface area (TPSA) is 83.4 Å². The summed E-state index contributed by atoms with van der Waals surface area (Å²) in [5.41, 5.74) is 3.56. The predicted octanol–water partition coefficient (Wildman–Crippen LogP) is 4.42. The van der Waals surface area contributed by atoms with Gasteiger partial charge in [-0.15, -0.1) is 10.2 Å². The number of hydrogen-bond acceptors (Lipinski definition) is 6. The number of fused-ring (bicyclic) bond motifs is 1. The Kier molecular flexibility index (Phi) is 6.77. The number of para-hydroxylation sites is 2. The zero-order valence-electron chi connectivity index (χ0n) is 20.1. The standard InChI is InChI=1S/C26H30N6O2S/c1-18-10-12-20(13-11-18)32-25(30-14-6-3-7-15-30)28-29-26(32)35-17-24(34)31-19(2)16-23(33)27-21-8-4-5-9-22(21)31/h4-5,8-13,19H,3,6-7,14-17H2,1-2H3,(H,27,33)/t19-/m0/s1. The molecule has 2 amide bonds. The maximum atomic E-state index is 13.5. The summed E-state index contributed by atoms with van der Waals surface area (Å²) in [4.78, 5) is 29.8. The minimum Gasteiger partial charge on any atom is -0.341 e. The maximum Gasteiger partial charge on any atom is 0.237 e. The zero-order valence-corrected chi connectivity index (χ0v) is 20.9. The van der Waals surface area contributed by atoms with Gasteiger partial charge in [0.25, 0.3) is 0 Å². The smallest absolute Gasteiger partial charge is 0.237 e. The molecule has 1 N–H and O–H groups in total. The molecule has 1 saturated heterocycles. The minimum absolute atomic E-state index is 0.0653. The highest BCUT2D eigenvalue weighted by Crippen LogP contribution is 2.33. The average Bonchev–Trinajstić information content (AvgIpc) is 3.23. The highest BCUT2D eigenvalue weighted by molar-refractivity contribution is 7.99. The summed E-state index contributed by atoms with van der Waals surface area (Å²) in [6, 6.07) is 15.5. The van der Waals surface area contributed by atoms with E-state index in [0.29, 0.717) is 10.8 Å². The van der Waals surface area contributed by atoms with E-state index in [4.69, 9.17) is 0 Å². The normalized spacial score (nSPS) is 18.1. The first-order valence-electron chi connectivity index (χ1n) is 12.1. The zero-order chi connectivity index (χ0) is 24.4. The van der Waals surface area contributed by atoms with Crippen molar-refractivity contribution in [1.82, 2.24) is 14.8 Å². The molecule has 5 rings (SSSR count). The van der Waals surface area contributed by atoms with Crippen LogP contribution in [0.2, 0.25) is 0 Å². The molecule has 1 atom stereocenters. The lowest BCUT2D eigenvalue weighted by atomic mass is 10.1. The Balaban J connectivity index is 1.42. The summed E-state index contributed by atoms with van der Waals surface area (Å²) in [6.45, 7) is 5.89. The second-order valence-corrected chi connectivity index (χ2v) is 10.1. The molecule has 35 heavy (non-hydrogen) atoms. The van der Waals surface area contributed by atoms with Gasteiger partial charge in [0.05, 0.1) is 22.8 Å². The van der Waals surface area contributed by atoms with E-state index in [1.807, 2.05) is 31.2 Å². The average molecular weight is 491 g/mol. The molecule has 2 aliphatic rings. The Morgan fingerprint density at radius 3 is 2.57 bits per heavy atom. The third-order valence-corrected chi connectivity index (χ3v) is 7.41. The highest BCUT2D eigenvalue weighted by Gasteiger charge is 2.30. The van der Waals surface area contributed by atoms with E-state index >= 15 is 0 Å². The maximum absolute atomic E-state index is 13.5. The quantitative estimate of drug-likeness (QED) is 0.533. The van der Waals surface area contributed by atoms with Crippen LogP contribution in [0.15, 0.2) is 53.7 Å². The van der Waals surface area contributed by atoms with E-state index in [9.17, 15) is 9.59 Å². The molecule has 0 aliphatic carbocycles. The van der Waals surface area contributed by atoms with Crippen molar-refractivity contribution >= 4 is 40.9 Å². The Hall–Kier alpha value is -3.33. The molecule has 9 heteroatoms. The number of aromatic nitrogens is 3. The van der Waals surface area contributed by atoms with E-state index in [-0.39, 0.29) is 30.0 Å². The molecular formula is C26H30N6O2S. The monoisotopic (exact) mass is 490 g/mol. The second kappa shape index (κ2) is 10.1. The van der Waals surface area contributed by atoms with Crippen molar-refractivity contribution in [3.8, 4) is 5.69 Å². The molecule has 3 aromatic rings. The molecule has 0 unspecified atom stereocenters. The van der Waals surface area contributed by atoms with Crippen LogP contribution in [0.25, 0.3) is 5.69 Å². The van der Waals surface area contributed by atoms with Crippen molar-refractivity contribution in [2.24, 2.45) is 0 Å². The molecule has 1 fully saturated rings. The Labute approximate surface area is 209 Å². The van der Waals surface area contributed by atoms with Crippen LogP contribution in [0, 0.1) is 6.92 Å². The number of carbonyl (C=O) groups is 2. The fourth-order valence-electron chi connectivity index (χ4n) is 4.74. The van der Waals surface area contributed by atoms with Crippen molar-refractivity contribution in [2.75, 3.05) is 34.0 Å². The van der Waals surface area contributed by atoms with Crippen molar-refractivity contribution in [2.45, 2.75) is 50.7 Å². The fourth-order valence-corrected chi connectivity index (χ4v) is 5.54. The van der Waals surface area contributed by atoms with Crippen molar-refractivity contribution in [3.05, 3.63) is 54.1 Å². The first-order valence-corrected chi connectivity index (χ1v) is 13.1. The predicted molar refractivity (Wildman–Crippen MR) is 140 cm³/mol. The highest BCUT2D eigenvalue weighted by atomic mass is 32.2. The number of hydrogen-bond donors (Lipinski definition) is 1. The van der Waals surface area contributed by atoms with E-state index in [1.165, 1.54) is 23.7 Å². The van der Waals surface area contributed by atoms with Crippen LogP contribution in [0.4, 0.5) is 17.3 Å². The SMILES string of the molecule is Cc1ccc(-n2c(SCC(=O)N3c4ccccc4NC(=O)C[C@@H]3C)nnc2N2CCCCC2)cc1. The molecule has 182 valence electrons. The molecule has 0 bridgehead atoms. The molecule has 1 aromatic heterocycles. The number of piperidine rings is 1. The van der Waals surface area contributed by atoms with Gasteiger partial charge in [-0.2, -0.15) is 0 Å². The number of nitrogens with one attached hydrogen (secondary N) is 1. The molecule has 0 spiro atoms. The van der Waals surface area contributed by atoms with Gasteiger partial charge in [0.1, 0.15) is 0 Å². The van der Waals surface area contributed by atoms with Crippen LogP contribution in [-0.2, 0) is 9.59 Å². The van der Waals surface area contributed by atoms with Gasteiger partial charge in [-0.05, 0) is 57.4 Å². The summed E-state index contributed by atoms with van der Waals surface area (Å²) in [6.07, 6.45) is 3.77. The molecule has 2 aromatic carbocycles. The summed E-state index contributed by atoms with van der Waals surface area (Å²) in [5.74, 6) is 0.867. The van der Waals surface area contributed by atoms with Gasteiger partial charge in [-0.25, -0.2) is 0 Å². The number of nitrogens with zero attached hydrogens (tertiary/aromatic N) is 5. The van der Waals surface area contributed by atoms with Gasteiger partial charge in [0.15, 0.2) is 5.16 Å². The lowest BCUT2D eigenvalue weighted by Crippen LogP contribution is -2.40. The lowest BCUT2D eigenvalue weighted by molar-refractivity contribution is -0.117. The van der Waals surface area contributed by atoms with Gasteiger partial charge in [0, 0.05) is 25.6 Å². The Morgan fingerprint density at radius 2 is 1.80 bits per heavy atom. The van der Waals surface area contributed by atoms with Crippen molar-refractivity contribution < 1.29 is 9.59 Å². The third-order valence-electron chi connectivity index (χ3n) is 6.50. The third kappa shape index (κ3) is 4.91. The van der Waals surface area contributed by atoms with Gasteiger partial charge >= 0.3 is 0 Å². The number of rotatable bonds is 5. The lowest BCUT2D eigenvalue weighted by Gasteiger charge is -2.28. The largest absolute Gasteiger partial charge is 0.341 e. The first-order chi connectivity index (χ1) is 17.0. The molecular weight excluding hydrogens is 460 g/mol. The van der Waals surface area contributed by atoms with E-state index in [2.05, 4.69) is 56.2 Å². The molecule has 2 aliphatic heterocycles. The van der Waals surface area contributed by atoms with E-state index in [0.717, 1.165) is 43.3 Å². The van der Waals surface area contributed by atoms with Crippen LogP contribution >= 0.6 is 11.8 Å². The number of carbonyl (C=O) groups excluding carboxylic acids is 2. The van der Waals surface area contributed by atoms with Gasteiger partial charge < -0.3 is 15.1 Å². The molecule has 0 saturated carbocycles. The van der Waals surface area contributed by atoms with Gasteiger partial charge in [-0.3, -0.25) is 14.2 Å². The van der Waals surface area contributed by atoms with Gasteiger partial charge in [0.2, 0.25) is 17.8 Å². The molecule has 0 radical (unpaired) electrons. The van der Waals surface area contributed by atoms with E-state index in [1.54, 1.807) is 4.90 Å². The summed E-state index contributed by atoms with van der Waals surface area (Å²) in [7, 11) is 0. The van der Waals surface area contributed by atoms with Crippen LogP contribution in [-0.4, -0.2) is 51.5 Å². The van der Waals surface area contributed by atoms with Crippen LogP contribution < -0.4 is 15.1 Å². The molecule has 3 heterocycles. The summed E-state index contributed by atoms with van der Waals surface area (Å²) >= 11 is 1.38. The second-order valence-electron chi connectivity index (χ2n) is 9.17. The van der Waals surface area contributed by atoms with Crippen molar-refractivity contribution in [3.63, 3.8) is 0 Å². The number of anilines is 3. The minimum atomic E-state index is -0.245. The van der Waals surface area contributed by atoms with Crippen LogP contribution in [0.3, 0.4) is 0 Å². The van der Waals surface area contributed by atoms with Crippen LogP contribution in [0.1, 0.15) is 38.2 Å². The first kappa shape index (κ1) is 23.4. The number of aryl methyl sites for hydroxylation is 1. The van der Waals surface area contributed by atoms with Crippen LogP contribution in [0.5, 0.6) is 0 Å².